The summed E-state index contributed by atoms with van der Waals surface area (Å²) in [4.78, 5) is 10.8. The van der Waals surface area contributed by atoms with Crippen molar-refractivity contribution in [1.82, 2.24) is 0 Å². The number of benzene rings is 2. The molecule has 0 aliphatic rings. The molecule has 0 bridgehead atoms. The summed E-state index contributed by atoms with van der Waals surface area (Å²) in [5, 5.41) is 0.135. The summed E-state index contributed by atoms with van der Waals surface area (Å²) >= 11 is 5.68. The fourth-order valence-corrected chi connectivity index (χ4v) is 2.16. The highest BCUT2D eigenvalue weighted by molar-refractivity contribution is 7.59. The van der Waals surface area contributed by atoms with Gasteiger partial charge in [0.15, 0.2) is 5.69 Å². The summed E-state index contributed by atoms with van der Waals surface area (Å²) in [5.41, 5.74) is 6.23. The highest BCUT2D eigenvalue weighted by Crippen LogP contribution is 2.23. The molecule has 0 fully saturated rings. The number of carbonyl (C=O) groups excluding carboxylic acids is 1. The van der Waals surface area contributed by atoms with E-state index in [0.717, 1.165) is 0 Å². The average molecular weight is 326 g/mol. The van der Waals surface area contributed by atoms with E-state index in [4.69, 9.17) is 17.3 Å². The number of aryl methyl sites for hydroxylation is 1. The van der Waals surface area contributed by atoms with Gasteiger partial charge in [-0.05, 0) is 23.0 Å². The first-order chi connectivity index (χ1) is 9.93. The second-order valence-electron chi connectivity index (χ2n) is 3.96. The lowest BCUT2D eigenvalue weighted by Gasteiger charge is -1.96. The minimum Gasteiger partial charge on any atom is -0.249 e. The number of hydrogen-bond donors (Lipinski definition) is 1. The molecule has 7 heteroatoms. The Bertz CT molecular complexity index is 751. The standard InChI is InChI=1S/C7H5ClN2O3S.C7H8/c8-5-3-1-2-4-6(5)10(7(9)11)14(12)13;1-7-5-3-2-4-6-7/h1-4H,(H-,9,11);2-6H,1H3/p+1. The molecule has 0 unspecified atom stereocenters. The Balaban J connectivity index is 0.000000262. The Morgan fingerprint density at radius 1 is 1.05 bits per heavy atom. The monoisotopic (exact) mass is 325 g/mol. The molecule has 0 heterocycles. The first-order valence-electron chi connectivity index (χ1n) is 5.88. The van der Waals surface area contributed by atoms with Crippen LogP contribution in [-0.2, 0) is 10.5 Å². The molecule has 110 valence electrons. The van der Waals surface area contributed by atoms with E-state index in [1.807, 2.05) is 18.2 Å². The smallest absolute Gasteiger partial charge is 0.249 e. The maximum Gasteiger partial charge on any atom is 0.509 e. The van der Waals surface area contributed by atoms with Crippen LogP contribution in [-0.4, -0.2) is 18.4 Å². The largest absolute Gasteiger partial charge is 0.509 e. The molecule has 0 atom stereocenters. The molecule has 0 saturated carbocycles. The van der Waals surface area contributed by atoms with E-state index in [1.165, 1.54) is 17.7 Å². The van der Waals surface area contributed by atoms with Crippen molar-refractivity contribution in [2.45, 2.75) is 6.92 Å². The van der Waals surface area contributed by atoms with Gasteiger partial charge in [0.2, 0.25) is 0 Å². The summed E-state index contributed by atoms with van der Waals surface area (Å²) in [6.45, 7) is 2.08. The van der Waals surface area contributed by atoms with Crippen molar-refractivity contribution in [3.8, 4) is 0 Å². The number of nitrogens with two attached hydrogens (primary N) is 1. The topological polar surface area (TPSA) is 80.2 Å². The number of hydrogen-bond acceptors (Lipinski definition) is 3. The lowest BCUT2D eigenvalue weighted by atomic mass is 10.2. The van der Waals surface area contributed by atoms with Crippen molar-refractivity contribution in [2.24, 2.45) is 5.73 Å². The van der Waals surface area contributed by atoms with Crippen LogP contribution in [0.3, 0.4) is 0 Å². The molecule has 21 heavy (non-hydrogen) atoms. The van der Waals surface area contributed by atoms with Gasteiger partial charge in [-0.15, -0.1) is 8.42 Å². The Kier molecular flexibility index (Phi) is 6.58. The zero-order valence-corrected chi connectivity index (χ0v) is 12.8. The molecule has 0 aliphatic carbocycles. The van der Waals surface area contributed by atoms with E-state index in [1.54, 1.807) is 12.1 Å². The summed E-state index contributed by atoms with van der Waals surface area (Å²) in [6.07, 6.45) is 0. The number of nitrogens with zero attached hydrogens (tertiary/aromatic N) is 1. The van der Waals surface area contributed by atoms with Crippen LogP contribution < -0.4 is 5.73 Å². The third kappa shape index (κ3) is 5.37. The predicted octanol–water partition coefficient (Wildman–Crippen LogP) is 3.12. The Hall–Kier alpha value is -2.18. The summed E-state index contributed by atoms with van der Waals surface area (Å²) in [7, 11) is -2.77. The zero-order valence-electron chi connectivity index (χ0n) is 11.2. The van der Waals surface area contributed by atoms with Crippen LogP contribution in [0, 0.1) is 6.92 Å². The number of carbonyl (C=O) groups is 1. The lowest BCUT2D eigenvalue weighted by Crippen LogP contribution is -2.22. The van der Waals surface area contributed by atoms with Gasteiger partial charge in [0.1, 0.15) is 0 Å². The van der Waals surface area contributed by atoms with Gasteiger partial charge in [-0.2, -0.15) is 4.79 Å². The van der Waals surface area contributed by atoms with Crippen LogP contribution in [0.25, 0.3) is 0 Å². The SMILES string of the molecule is Cc1ccccc1.NC(=O)[N+](c1ccccc1Cl)=S(=O)=O. The van der Waals surface area contributed by atoms with Crippen LogP contribution in [0.2, 0.25) is 5.02 Å². The number of rotatable bonds is 1. The molecule has 2 aromatic rings. The van der Waals surface area contributed by atoms with E-state index in [0.29, 0.717) is 3.95 Å². The molecule has 5 nitrogen and oxygen atoms in total. The molecule has 2 amide bonds. The van der Waals surface area contributed by atoms with Crippen LogP contribution in [0.5, 0.6) is 0 Å². The Labute approximate surface area is 129 Å². The quantitative estimate of drug-likeness (QED) is 0.818. The van der Waals surface area contributed by atoms with E-state index in [9.17, 15) is 13.2 Å². The average Bonchev–Trinajstić information content (AvgIpc) is 2.42. The van der Waals surface area contributed by atoms with Crippen molar-refractivity contribution >= 4 is 33.8 Å². The third-order valence-corrected chi connectivity index (χ3v) is 3.36. The van der Waals surface area contributed by atoms with Gasteiger partial charge in [-0.3, -0.25) is 0 Å². The highest BCUT2D eigenvalue weighted by Gasteiger charge is 2.19. The molecular weight excluding hydrogens is 312 g/mol. The predicted molar refractivity (Wildman–Crippen MR) is 81.1 cm³/mol. The first kappa shape index (κ1) is 16.9. The molecular formula is C14H14ClN2O3S+. The van der Waals surface area contributed by atoms with Gasteiger partial charge < -0.3 is 0 Å². The first-order valence-corrected chi connectivity index (χ1v) is 7.29. The molecule has 0 saturated heterocycles. The third-order valence-electron chi connectivity index (χ3n) is 2.36. The molecule has 0 spiro atoms. The van der Waals surface area contributed by atoms with Crippen molar-refractivity contribution in [3.05, 3.63) is 65.2 Å². The Morgan fingerprint density at radius 2 is 1.57 bits per heavy atom. The van der Waals surface area contributed by atoms with Gasteiger partial charge in [0, 0.05) is 0 Å². The van der Waals surface area contributed by atoms with Crippen molar-refractivity contribution in [1.29, 1.82) is 0 Å². The minimum absolute atomic E-state index is 0.0370. The normalized spacial score (nSPS) is 9.24. The van der Waals surface area contributed by atoms with Crippen LogP contribution >= 0.6 is 11.6 Å². The van der Waals surface area contributed by atoms with Crippen LogP contribution in [0.15, 0.2) is 54.6 Å². The summed E-state index contributed by atoms with van der Waals surface area (Å²) in [6, 6.07) is 15.1. The van der Waals surface area contributed by atoms with Gasteiger partial charge in [-0.25, -0.2) is 5.73 Å². The second-order valence-corrected chi connectivity index (χ2v) is 5.16. The van der Waals surface area contributed by atoms with Gasteiger partial charge >= 0.3 is 16.5 Å². The molecule has 0 aliphatic heterocycles. The van der Waals surface area contributed by atoms with Gasteiger partial charge in [0.25, 0.3) is 0 Å². The van der Waals surface area contributed by atoms with Crippen LogP contribution in [0.4, 0.5) is 10.5 Å². The number of primary amides is 1. The van der Waals surface area contributed by atoms with Gasteiger partial charge in [0.05, 0.1) is 5.02 Å². The fourth-order valence-electron chi connectivity index (χ4n) is 1.42. The lowest BCUT2D eigenvalue weighted by molar-refractivity contribution is -0.302. The Morgan fingerprint density at radius 3 is 1.95 bits per heavy atom. The van der Waals surface area contributed by atoms with Crippen molar-refractivity contribution < 1.29 is 17.2 Å². The molecule has 0 aromatic heterocycles. The van der Waals surface area contributed by atoms with E-state index in [2.05, 4.69) is 19.1 Å². The molecule has 2 N–H and O–H groups in total. The van der Waals surface area contributed by atoms with E-state index < -0.39 is 16.5 Å². The summed E-state index contributed by atoms with van der Waals surface area (Å²) in [5.74, 6) is 0. The molecule has 2 aromatic carbocycles. The highest BCUT2D eigenvalue weighted by atomic mass is 35.5. The number of halogens is 1. The summed E-state index contributed by atoms with van der Waals surface area (Å²) < 4.78 is 21.7. The maximum atomic E-state index is 10.8. The molecule has 0 radical (unpaired) electrons. The number of amides is 2. The zero-order chi connectivity index (χ0) is 15.8. The van der Waals surface area contributed by atoms with Crippen molar-refractivity contribution in [2.75, 3.05) is 0 Å². The van der Waals surface area contributed by atoms with Crippen molar-refractivity contribution in [3.63, 3.8) is 0 Å². The fraction of sp³-hybridized carbons (Fsp3) is 0.0714. The number of para-hydroxylation sites is 1. The van der Waals surface area contributed by atoms with E-state index in [-0.39, 0.29) is 10.7 Å². The minimum atomic E-state index is -2.77. The molecule has 2 rings (SSSR count). The number of urea groups is 1. The maximum absolute atomic E-state index is 10.8. The van der Waals surface area contributed by atoms with Gasteiger partial charge in [-0.1, -0.05) is 59.6 Å². The van der Waals surface area contributed by atoms with Crippen LogP contribution in [0.1, 0.15) is 5.56 Å². The second kappa shape index (κ2) is 8.18. The van der Waals surface area contributed by atoms with E-state index >= 15 is 0 Å².